The van der Waals surface area contributed by atoms with Crippen molar-refractivity contribution in [3.05, 3.63) is 29.8 Å². The molecule has 0 radical (unpaired) electrons. The highest BCUT2D eigenvalue weighted by atomic mass is 16.3. The van der Waals surface area contributed by atoms with E-state index in [1.807, 2.05) is 19.1 Å². The van der Waals surface area contributed by atoms with Crippen molar-refractivity contribution < 1.29 is 5.11 Å². The molecule has 0 aromatic heterocycles. The highest BCUT2D eigenvalue weighted by Crippen LogP contribution is 2.26. The molecule has 1 saturated heterocycles. The number of hydrogen-bond donors (Lipinski definition) is 1. The van der Waals surface area contributed by atoms with E-state index in [2.05, 4.69) is 40.9 Å². The second-order valence-corrected chi connectivity index (χ2v) is 5.87. The van der Waals surface area contributed by atoms with Gasteiger partial charge in [0, 0.05) is 50.5 Å². The van der Waals surface area contributed by atoms with Gasteiger partial charge in [-0.25, -0.2) is 0 Å². The Morgan fingerprint density at radius 3 is 2.40 bits per heavy atom. The lowest BCUT2D eigenvalue weighted by atomic mass is 10.1. The molecule has 1 atom stereocenters. The molecule has 1 heterocycles. The van der Waals surface area contributed by atoms with Crippen molar-refractivity contribution in [2.45, 2.75) is 13.0 Å². The second-order valence-electron chi connectivity index (χ2n) is 5.87. The van der Waals surface area contributed by atoms with E-state index in [0.717, 1.165) is 44.8 Å². The minimum absolute atomic E-state index is 0.405. The van der Waals surface area contributed by atoms with Crippen molar-refractivity contribution in [1.29, 1.82) is 0 Å². The van der Waals surface area contributed by atoms with Crippen molar-refractivity contribution in [1.82, 2.24) is 9.80 Å². The first-order chi connectivity index (χ1) is 9.58. The lowest BCUT2D eigenvalue weighted by molar-refractivity contribution is 0.198. The van der Waals surface area contributed by atoms with Crippen LogP contribution in [0.25, 0.3) is 0 Å². The van der Waals surface area contributed by atoms with E-state index in [0.29, 0.717) is 0 Å². The van der Waals surface area contributed by atoms with Crippen LogP contribution in [0.5, 0.6) is 0 Å². The summed E-state index contributed by atoms with van der Waals surface area (Å²) in [5, 5.41) is 9.89. The van der Waals surface area contributed by atoms with Crippen LogP contribution in [0.15, 0.2) is 24.3 Å². The Labute approximate surface area is 122 Å². The largest absolute Gasteiger partial charge is 0.389 e. The number of nitrogens with zero attached hydrogens (tertiary/aromatic N) is 3. The molecule has 2 rings (SSSR count). The number of anilines is 1. The minimum atomic E-state index is -0.405. The first-order valence-corrected chi connectivity index (χ1v) is 7.47. The Kier molecular flexibility index (Phi) is 5.40. The van der Waals surface area contributed by atoms with Crippen LogP contribution in [0.4, 0.5) is 5.69 Å². The van der Waals surface area contributed by atoms with Crippen LogP contribution in [0.2, 0.25) is 0 Å². The average Bonchev–Trinajstić information content (AvgIpc) is 2.45. The number of para-hydroxylation sites is 1. The molecule has 20 heavy (non-hydrogen) atoms. The third-order valence-electron chi connectivity index (χ3n) is 3.96. The summed E-state index contributed by atoms with van der Waals surface area (Å²) < 4.78 is 0. The van der Waals surface area contributed by atoms with Gasteiger partial charge in [-0.1, -0.05) is 18.2 Å². The third-order valence-corrected chi connectivity index (χ3v) is 3.96. The Morgan fingerprint density at radius 1 is 1.15 bits per heavy atom. The average molecular weight is 277 g/mol. The van der Waals surface area contributed by atoms with E-state index in [1.54, 1.807) is 0 Å². The monoisotopic (exact) mass is 277 g/mol. The van der Waals surface area contributed by atoms with Gasteiger partial charge in [0.05, 0.1) is 6.10 Å². The minimum Gasteiger partial charge on any atom is -0.389 e. The van der Waals surface area contributed by atoms with Crippen molar-refractivity contribution >= 4 is 5.69 Å². The molecule has 0 unspecified atom stereocenters. The number of rotatable bonds is 5. The summed E-state index contributed by atoms with van der Waals surface area (Å²) in [5.41, 5.74) is 2.23. The normalized spacial score (nSPS) is 18.6. The Bertz CT molecular complexity index is 412. The Balaban J connectivity index is 1.94. The van der Waals surface area contributed by atoms with Crippen LogP contribution in [-0.4, -0.2) is 68.3 Å². The van der Waals surface area contributed by atoms with Gasteiger partial charge in [-0.05, 0) is 27.1 Å². The van der Waals surface area contributed by atoms with Crippen LogP contribution in [0, 0.1) is 0 Å². The second kappa shape index (κ2) is 7.07. The van der Waals surface area contributed by atoms with Gasteiger partial charge in [-0.2, -0.15) is 0 Å². The molecule has 1 aromatic rings. The van der Waals surface area contributed by atoms with E-state index in [1.165, 1.54) is 5.69 Å². The SMILES string of the molecule is C[C@H](O)c1ccccc1N1CCN(CCN(C)C)CC1. The van der Waals surface area contributed by atoms with Crippen molar-refractivity contribution in [3.8, 4) is 0 Å². The number of aliphatic hydroxyl groups is 1. The van der Waals surface area contributed by atoms with Crippen molar-refractivity contribution in [2.75, 3.05) is 58.3 Å². The third kappa shape index (κ3) is 3.95. The molecule has 1 aliphatic rings. The molecule has 0 amide bonds. The molecule has 4 heteroatoms. The fourth-order valence-electron chi connectivity index (χ4n) is 2.68. The zero-order chi connectivity index (χ0) is 14.5. The summed E-state index contributed by atoms with van der Waals surface area (Å²) in [4.78, 5) is 7.14. The molecule has 1 fully saturated rings. The molecule has 0 spiro atoms. The maximum absolute atomic E-state index is 9.89. The molecule has 1 aromatic carbocycles. The van der Waals surface area contributed by atoms with E-state index in [4.69, 9.17) is 0 Å². The topological polar surface area (TPSA) is 30.0 Å². The molecule has 1 N–H and O–H groups in total. The van der Waals surface area contributed by atoms with Gasteiger partial charge in [-0.3, -0.25) is 4.90 Å². The van der Waals surface area contributed by atoms with Gasteiger partial charge in [-0.15, -0.1) is 0 Å². The van der Waals surface area contributed by atoms with Gasteiger partial charge in [0.25, 0.3) is 0 Å². The molecule has 0 bridgehead atoms. The number of aliphatic hydroxyl groups excluding tert-OH is 1. The first kappa shape index (κ1) is 15.3. The fourth-order valence-corrected chi connectivity index (χ4v) is 2.68. The molecule has 0 saturated carbocycles. The van der Waals surface area contributed by atoms with Crippen LogP contribution in [-0.2, 0) is 0 Å². The van der Waals surface area contributed by atoms with Crippen LogP contribution in [0.3, 0.4) is 0 Å². The maximum atomic E-state index is 9.89. The fraction of sp³-hybridized carbons (Fsp3) is 0.625. The van der Waals surface area contributed by atoms with E-state index in [9.17, 15) is 5.11 Å². The van der Waals surface area contributed by atoms with Crippen LogP contribution >= 0.6 is 0 Å². The van der Waals surface area contributed by atoms with E-state index in [-0.39, 0.29) is 0 Å². The van der Waals surface area contributed by atoms with Crippen molar-refractivity contribution in [3.63, 3.8) is 0 Å². The van der Waals surface area contributed by atoms with Gasteiger partial charge in [0.15, 0.2) is 0 Å². The quantitative estimate of drug-likeness (QED) is 0.882. The summed E-state index contributed by atoms with van der Waals surface area (Å²) in [6, 6.07) is 8.20. The molecule has 1 aliphatic heterocycles. The standard InChI is InChI=1S/C16H27N3O/c1-14(20)15-6-4-5-7-16(15)19-12-10-18(11-13-19)9-8-17(2)3/h4-7,14,20H,8-13H2,1-3H3/t14-/m0/s1. The highest BCUT2D eigenvalue weighted by Gasteiger charge is 2.19. The van der Waals surface area contributed by atoms with Gasteiger partial charge >= 0.3 is 0 Å². The number of benzene rings is 1. The van der Waals surface area contributed by atoms with Gasteiger partial charge in [0.1, 0.15) is 0 Å². The number of piperazine rings is 1. The summed E-state index contributed by atoms with van der Waals surface area (Å²) in [5.74, 6) is 0. The molecular formula is C16H27N3O. The number of likely N-dealkylation sites (N-methyl/N-ethyl adjacent to an activating group) is 1. The summed E-state index contributed by atoms with van der Waals surface area (Å²) >= 11 is 0. The smallest absolute Gasteiger partial charge is 0.0781 e. The molecular weight excluding hydrogens is 250 g/mol. The number of hydrogen-bond acceptors (Lipinski definition) is 4. The molecule has 4 nitrogen and oxygen atoms in total. The van der Waals surface area contributed by atoms with Gasteiger partial charge in [0.2, 0.25) is 0 Å². The highest BCUT2D eigenvalue weighted by molar-refractivity contribution is 5.54. The summed E-state index contributed by atoms with van der Waals surface area (Å²) in [7, 11) is 4.24. The Hall–Kier alpha value is -1.10. The van der Waals surface area contributed by atoms with Crippen LogP contribution in [0.1, 0.15) is 18.6 Å². The summed E-state index contributed by atoms with van der Waals surface area (Å²) in [6.07, 6.45) is -0.405. The lowest BCUT2D eigenvalue weighted by Gasteiger charge is -2.37. The molecule has 0 aliphatic carbocycles. The van der Waals surface area contributed by atoms with Crippen LogP contribution < -0.4 is 4.90 Å². The van der Waals surface area contributed by atoms with Crippen molar-refractivity contribution in [2.24, 2.45) is 0 Å². The Morgan fingerprint density at radius 2 is 1.80 bits per heavy atom. The predicted molar refractivity (Wildman–Crippen MR) is 84.3 cm³/mol. The van der Waals surface area contributed by atoms with Gasteiger partial charge < -0.3 is 14.9 Å². The maximum Gasteiger partial charge on any atom is 0.0781 e. The zero-order valence-electron chi connectivity index (χ0n) is 12.9. The lowest BCUT2D eigenvalue weighted by Crippen LogP contribution is -2.48. The predicted octanol–water partition coefficient (Wildman–Crippen LogP) is 1.42. The molecule has 112 valence electrons. The summed E-state index contributed by atoms with van der Waals surface area (Å²) in [6.45, 7) is 8.37. The zero-order valence-corrected chi connectivity index (χ0v) is 12.9. The van der Waals surface area contributed by atoms with E-state index >= 15 is 0 Å². The first-order valence-electron chi connectivity index (χ1n) is 7.47. The van der Waals surface area contributed by atoms with E-state index < -0.39 is 6.10 Å².